The molecule has 0 saturated carbocycles. The van der Waals surface area contributed by atoms with Crippen molar-refractivity contribution in [2.24, 2.45) is 0 Å². The number of aromatic nitrogens is 3. The van der Waals surface area contributed by atoms with Gasteiger partial charge in [-0.2, -0.15) is 0 Å². The van der Waals surface area contributed by atoms with Crippen LogP contribution in [0.5, 0.6) is 0 Å². The van der Waals surface area contributed by atoms with Gasteiger partial charge in [-0.05, 0) is 75.3 Å². The van der Waals surface area contributed by atoms with Gasteiger partial charge in [0.1, 0.15) is 5.82 Å². The van der Waals surface area contributed by atoms with Crippen LogP contribution in [0.2, 0.25) is 0 Å². The quantitative estimate of drug-likeness (QED) is 0.443. The average molecular weight is 513 g/mol. The van der Waals surface area contributed by atoms with Gasteiger partial charge in [0, 0.05) is 25.0 Å². The van der Waals surface area contributed by atoms with Crippen LogP contribution in [0.4, 0.5) is 5.82 Å². The highest BCUT2D eigenvalue weighted by molar-refractivity contribution is 7.91. The highest BCUT2D eigenvalue weighted by Crippen LogP contribution is 2.41. The van der Waals surface area contributed by atoms with Crippen LogP contribution < -0.4 is 15.5 Å². The Balaban J connectivity index is 1.67. The van der Waals surface area contributed by atoms with Gasteiger partial charge in [-0.25, -0.2) is 18.4 Å². The van der Waals surface area contributed by atoms with Crippen LogP contribution in [0.3, 0.4) is 0 Å². The maximum Gasteiger partial charge on any atom is 0.157 e. The summed E-state index contributed by atoms with van der Waals surface area (Å²) in [6.45, 7) is 6.19. The Kier molecular flexibility index (Phi) is 7.04. The van der Waals surface area contributed by atoms with E-state index >= 15 is 0 Å². The Hall–Kier alpha value is -2.53. The predicted molar refractivity (Wildman–Crippen MR) is 143 cm³/mol. The minimum atomic E-state index is -3.39. The Morgan fingerprint density at radius 1 is 1.17 bits per heavy atom. The lowest BCUT2D eigenvalue weighted by Crippen LogP contribution is -2.47. The second-order valence-electron chi connectivity index (χ2n) is 9.90. The molecule has 2 aliphatic rings. The van der Waals surface area contributed by atoms with E-state index in [1.807, 2.05) is 37.4 Å². The predicted octanol–water partition coefficient (Wildman–Crippen LogP) is 2.58. The third kappa shape index (κ3) is 4.63. The largest absolute Gasteiger partial charge is 0.377 e. The van der Waals surface area contributed by atoms with Crippen LogP contribution in [-0.4, -0.2) is 75.6 Å². The molecule has 0 bridgehead atoms. The van der Waals surface area contributed by atoms with Gasteiger partial charge in [0.25, 0.3) is 0 Å². The minimum Gasteiger partial charge on any atom is -0.377 e. The molecular weight excluding hydrogens is 476 g/mol. The fourth-order valence-electron chi connectivity index (χ4n) is 5.55. The Labute approximate surface area is 213 Å². The first-order valence-corrected chi connectivity index (χ1v) is 14.6. The van der Waals surface area contributed by atoms with Gasteiger partial charge in [-0.1, -0.05) is 6.92 Å². The van der Waals surface area contributed by atoms with E-state index < -0.39 is 14.6 Å². The molecule has 9 nitrogen and oxygen atoms in total. The number of rotatable bonds is 7. The Morgan fingerprint density at radius 2 is 1.97 bits per heavy atom. The van der Waals surface area contributed by atoms with E-state index in [0.29, 0.717) is 44.8 Å². The fourth-order valence-corrected chi connectivity index (χ4v) is 7.04. The van der Waals surface area contributed by atoms with E-state index in [1.54, 1.807) is 0 Å². The lowest BCUT2D eigenvalue weighted by Gasteiger charge is -2.39. The summed E-state index contributed by atoms with van der Waals surface area (Å²) in [6.07, 6.45) is 3.36. The fraction of sp³-hybridized carbons (Fsp3) is 0.538. The molecule has 2 fully saturated rings. The lowest BCUT2D eigenvalue weighted by molar-refractivity contribution is 0.0925. The number of sulfone groups is 1. The van der Waals surface area contributed by atoms with Gasteiger partial charge in [0.15, 0.2) is 9.84 Å². The summed E-state index contributed by atoms with van der Waals surface area (Å²) in [5, 5.41) is 6.48. The van der Waals surface area contributed by atoms with Crippen molar-refractivity contribution in [1.29, 1.82) is 0 Å². The third-order valence-corrected chi connectivity index (χ3v) is 9.68. The summed E-state index contributed by atoms with van der Waals surface area (Å²) >= 11 is 0. The number of hydrogen-bond donors (Lipinski definition) is 3. The molecule has 1 atom stereocenters. The number of aromatic amines is 1. The van der Waals surface area contributed by atoms with Crippen LogP contribution in [-0.2, 0) is 25.9 Å². The standard InChI is InChI=1S/C26H36N6O3S/c1-4-20-17-35-12-11-32(20)25-14-18(26(36(3,33)34)7-9-28-10-8-26)13-23(31-25)22-6-5-21-24(30-22)15-19(29-21)16-27-2/h5-6,13-15,20,27-29H,4,7-12,16-17H2,1-3H3/t20-/m0/s1. The highest BCUT2D eigenvalue weighted by atomic mass is 32.2. The van der Waals surface area contributed by atoms with Crippen molar-refractivity contribution in [3.8, 4) is 11.4 Å². The number of morpholine rings is 1. The monoisotopic (exact) mass is 512 g/mol. The molecule has 36 heavy (non-hydrogen) atoms. The smallest absolute Gasteiger partial charge is 0.157 e. The van der Waals surface area contributed by atoms with Crippen molar-refractivity contribution < 1.29 is 13.2 Å². The van der Waals surface area contributed by atoms with E-state index in [0.717, 1.165) is 53.3 Å². The number of H-pyrrole nitrogens is 1. The molecule has 5 rings (SSSR count). The van der Waals surface area contributed by atoms with Crippen molar-refractivity contribution in [2.75, 3.05) is 51.1 Å². The summed E-state index contributed by atoms with van der Waals surface area (Å²) in [7, 11) is -1.48. The SMILES string of the molecule is CC[C@H]1COCCN1c1cc(C2(S(C)(=O)=O)CCNCC2)cc(-c2ccc3[nH]c(CNC)cc3n2)n1. The van der Waals surface area contributed by atoms with Gasteiger partial charge in [0.2, 0.25) is 0 Å². The molecule has 3 aromatic heterocycles. The number of nitrogens with zero attached hydrogens (tertiary/aromatic N) is 3. The molecule has 2 saturated heterocycles. The van der Waals surface area contributed by atoms with Gasteiger partial charge in [-0.3, -0.25) is 0 Å². The number of pyridine rings is 2. The molecule has 0 aromatic carbocycles. The molecule has 0 radical (unpaired) electrons. The molecule has 3 N–H and O–H groups in total. The molecule has 5 heterocycles. The maximum atomic E-state index is 13.3. The van der Waals surface area contributed by atoms with Gasteiger partial charge in [-0.15, -0.1) is 0 Å². The third-order valence-electron chi connectivity index (χ3n) is 7.61. The Bertz CT molecular complexity index is 1330. The molecule has 194 valence electrons. The second kappa shape index (κ2) is 10.1. The van der Waals surface area contributed by atoms with E-state index in [1.165, 1.54) is 6.26 Å². The first kappa shape index (κ1) is 25.1. The van der Waals surface area contributed by atoms with E-state index in [4.69, 9.17) is 14.7 Å². The molecule has 0 amide bonds. The zero-order valence-electron chi connectivity index (χ0n) is 21.3. The summed E-state index contributed by atoms with van der Waals surface area (Å²) in [6, 6.07) is 10.2. The van der Waals surface area contributed by atoms with E-state index in [2.05, 4.69) is 27.4 Å². The molecule has 0 spiro atoms. The molecule has 3 aromatic rings. The van der Waals surface area contributed by atoms with Crippen LogP contribution >= 0.6 is 0 Å². The van der Waals surface area contributed by atoms with Gasteiger partial charge in [0.05, 0.1) is 46.4 Å². The second-order valence-corrected chi connectivity index (χ2v) is 12.2. The van der Waals surface area contributed by atoms with Gasteiger partial charge < -0.3 is 25.3 Å². The summed E-state index contributed by atoms with van der Waals surface area (Å²) in [5.41, 5.74) is 5.13. The minimum absolute atomic E-state index is 0.195. The maximum absolute atomic E-state index is 13.3. The van der Waals surface area contributed by atoms with Crippen LogP contribution in [0.25, 0.3) is 22.4 Å². The summed E-state index contributed by atoms with van der Waals surface area (Å²) < 4.78 is 31.4. The number of nitrogens with one attached hydrogen (secondary N) is 3. The van der Waals surface area contributed by atoms with Gasteiger partial charge >= 0.3 is 0 Å². The van der Waals surface area contributed by atoms with Crippen molar-refractivity contribution >= 4 is 26.7 Å². The molecule has 0 unspecified atom stereocenters. The van der Waals surface area contributed by atoms with Crippen LogP contribution in [0.1, 0.15) is 37.4 Å². The molecule has 0 aliphatic carbocycles. The molecule has 10 heteroatoms. The summed E-state index contributed by atoms with van der Waals surface area (Å²) in [4.78, 5) is 15.6. The average Bonchev–Trinajstić information content (AvgIpc) is 3.30. The first-order chi connectivity index (χ1) is 17.3. The van der Waals surface area contributed by atoms with Crippen LogP contribution in [0, 0.1) is 0 Å². The van der Waals surface area contributed by atoms with Crippen molar-refractivity contribution in [2.45, 2.75) is 43.5 Å². The zero-order chi connectivity index (χ0) is 25.3. The zero-order valence-corrected chi connectivity index (χ0v) is 22.1. The van der Waals surface area contributed by atoms with E-state index in [-0.39, 0.29) is 6.04 Å². The van der Waals surface area contributed by atoms with E-state index in [9.17, 15) is 8.42 Å². The number of fused-ring (bicyclic) bond motifs is 1. The van der Waals surface area contributed by atoms with Crippen molar-refractivity contribution in [3.63, 3.8) is 0 Å². The van der Waals surface area contributed by atoms with Crippen LogP contribution in [0.15, 0.2) is 30.3 Å². The number of hydrogen-bond acceptors (Lipinski definition) is 8. The number of piperidine rings is 1. The molecule has 2 aliphatic heterocycles. The number of anilines is 1. The lowest BCUT2D eigenvalue weighted by atomic mass is 9.88. The van der Waals surface area contributed by atoms with Crippen molar-refractivity contribution in [3.05, 3.63) is 41.6 Å². The Morgan fingerprint density at radius 3 is 2.69 bits per heavy atom. The summed E-state index contributed by atoms with van der Waals surface area (Å²) in [5.74, 6) is 0.797. The highest BCUT2D eigenvalue weighted by Gasteiger charge is 2.44. The van der Waals surface area contributed by atoms with Crippen molar-refractivity contribution in [1.82, 2.24) is 25.6 Å². The topological polar surface area (TPSA) is 112 Å². The first-order valence-electron chi connectivity index (χ1n) is 12.8. The number of ether oxygens (including phenoxy) is 1. The normalized spacial score (nSPS) is 20.6. The molecular formula is C26H36N6O3S.